The van der Waals surface area contributed by atoms with Gasteiger partial charge in [0.25, 0.3) is 0 Å². The minimum absolute atomic E-state index is 0.468. The summed E-state index contributed by atoms with van der Waals surface area (Å²) in [5.41, 5.74) is 7.96. The van der Waals surface area contributed by atoms with Gasteiger partial charge in [-0.15, -0.1) is 0 Å². The van der Waals surface area contributed by atoms with Crippen LogP contribution in [-0.4, -0.2) is 5.16 Å². The molecule has 1 aromatic carbocycles. The van der Waals surface area contributed by atoms with Gasteiger partial charge in [-0.05, 0) is 49.0 Å². The van der Waals surface area contributed by atoms with Crippen molar-refractivity contribution >= 4 is 17.4 Å². The first kappa shape index (κ1) is 12.1. The van der Waals surface area contributed by atoms with E-state index in [2.05, 4.69) is 5.16 Å². The second-order valence-electron chi connectivity index (χ2n) is 6.80. The molecule has 108 valence electrons. The van der Waals surface area contributed by atoms with E-state index in [0.717, 1.165) is 40.6 Å². The number of aromatic nitrogens is 1. The third-order valence-corrected chi connectivity index (χ3v) is 6.26. The van der Waals surface area contributed by atoms with Crippen molar-refractivity contribution in [2.45, 2.75) is 25.2 Å². The van der Waals surface area contributed by atoms with E-state index in [1.807, 2.05) is 24.3 Å². The Bertz CT molecular complexity index is 709. The Morgan fingerprint density at radius 1 is 1.14 bits per heavy atom. The van der Waals surface area contributed by atoms with Gasteiger partial charge in [-0.25, -0.2) is 0 Å². The van der Waals surface area contributed by atoms with Crippen LogP contribution >= 0.6 is 11.6 Å². The number of halogens is 1. The summed E-state index contributed by atoms with van der Waals surface area (Å²) in [6, 6.07) is 7.81. The summed E-state index contributed by atoms with van der Waals surface area (Å²) in [5.74, 6) is 5.37. The lowest BCUT2D eigenvalue weighted by Crippen LogP contribution is -1.98. The number of benzene rings is 1. The second kappa shape index (κ2) is 4.04. The molecule has 3 fully saturated rings. The summed E-state index contributed by atoms with van der Waals surface area (Å²) in [7, 11) is 0. The van der Waals surface area contributed by atoms with E-state index in [0.29, 0.717) is 16.8 Å². The molecule has 3 saturated carbocycles. The maximum Gasteiger partial charge on any atom is 0.175 e. The number of fused-ring (bicyclic) bond motifs is 5. The molecule has 0 spiro atoms. The van der Waals surface area contributed by atoms with Gasteiger partial charge < -0.3 is 10.3 Å². The average Bonchev–Trinajstić information content (AvgIpc) is 2.81. The van der Waals surface area contributed by atoms with Gasteiger partial charge in [-0.2, -0.15) is 0 Å². The van der Waals surface area contributed by atoms with Crippen molar-refractivity contribution in [2.75, 3.05) is 5.73 Å². The van der Waals surface area contributed by atoms with E-state index < -0.39 is 0 Å². The topological polar surface area (TPSA) is 52.0 Å². The maximum atomic E-state index is 6.35. The summed E-state index contributed by atoms with van der Waals surface area (Å²) in [5, 5.41) is 4.75. The minimum atomic E-state index is 0.468. The molecule has 5 rings (SSSR count). The van der Waals surface area contributed by atoms with Gasteiger partial charge in [-0.3, -0.25) is 0 Å². The van der Waals surface area contributed by atoms with E-state index in [4.69, 9.17) is 21.9 Å². The van der Waals surface area contributed by atoms with Crippen LogP contribution in [0, 0.1) is 23.7 Å². The third-order valence-electron chi connectivity index (χ3n) is 5.93. The largest absolute Gasteiger partial charge is 0.380 e. The van der Waals surface area contributed by atoms with Crippen LogP contribution in [0.3, 0.4) is 0 Å². The smallest absolute Gasteiger partial charge is 0.175 e. The van der Waals surface area contributed by atoms with Crippen LogP contribution in [0.25, 0.3) is 11.1 Å². The molecule has 2 N–H and O–H groups in total. The fourth-order valence-corrected chi connectivity index (χ4v) is 5.38. The van der Waals surface area contributed by atoms with Gasteiger partial charge in [0.05, 0.1) is 5.56 Å². The Morgan fingerprint density at radius 2 is 1.86 bits per heavy atom. The average molecular weight is 301 g/mol. The lowest BCUT2D eigenvalue weighted by molar-refractivity contribution is 0.365. The van der Waals surface area contributed by atoms with E-state index in [1.165, 1.54) is 19.3 Å². The normalized spacial score (nSPS) is 36.0. The molecule has 4 unspecified atom stereocenters. The Kier molecular flexibility index (Phi) is 2.33. The summed E-state index contributed by atoms with van der Waals surface area (Å²) < 4.78 is 5.66. The molecule has 0 radical (unpaired) electrons. The number of hydrogen-bond donors (Lipinski definition) is 1. The molecular formula is C17H17ClN2O. The predicted molar refractivity (Wildman–Crippen MR) is 81.9 cm³/mol. The highest BCUT2D eigenvalue weighted by atomic mass is 35.5. The zero-order chi connectivity index (χ0) is 14.1. The van der Waals surface area contributed by atoms with Crippen LogP contribution < -0.4 is 5.73 Å². The molecule has 3 nitrogen and oxygen atoms in total. The molecule has 0 saturated heterocycles. The van der Waals surface area contributed by atoms with E-state index in [-0.39, 0.29) is 0 Å². The van der Waals surface area contributed by atoms with Gasteiger partial charge >= 0.3 is 0 Å². The van der Waals surface area contributed by atoms with Crippen LogP contribution in [0.15, 0.2) is 28.8 Å². The van der Waals surface area contributed by atoms with E-state index in [1.54, 1.807) is 0 Å². The lowest BCUT2D eigenvalue weighted by Gasteiger charge is -2.09. The maximum absolute atomic E-state index is 6.35. The number of nitrogens with zero attached hydrogens (tertiary/aromatic N) is 1. The summed E-state index contributed by atoms with van der Waals surface area (Å²) in [6.07, 6.45) is 4.22. The Hall–Kier alpha value is -1.48. The molecule has 2 bridgehead atoms. The van der Waals surface area contributed by atoms with Gasteiger partial charge in [-0.1, -0.05) is 35.0 Å². The zero-order valence-corrected chi connectivity index (χ0v) is 12.4. The van der Waals surface area contributed by atoms with Gasteiger partial charge in [0.1, 0.15) is 0 Å². The highest BCUT2D eigenvalue weighted by Gasteiger charge is 2.67. The molecule has 1 aromatic heterocycles. The Labute approximate surface area is 128 Å². The number of nitrogens with two attached hydrogens (primary N) is 1. The second-order valence-corrected chi connectivity index (χ2v) is 7.21. The molecular weight excluding hydrogens is 284 g/mol. The van der Waals surface area contributed by atoms with Crippen molar-refractivity contribution in [3.05, 3.63) is 35.0 Å². The van der Waals surface area contributed by atoms with Gasteiger partial charge in [0, 0.05) is 16.5 Å². The van der Waals surface area contributed by atoms with Crippen molar-refractivity contribution in [2.24, 2.45) is 23.7 Å². The van der Waals surface area contributed by atoms with Crippen LogP contribution in [0.2, 0.25) is 5.02 Å². The summed E-state index contributed by atoms with van der Waals surface area (Å²) in [4.78, 5) is 0. The first-order valence-electron chi connectivity index (χ1n) is 7.75. The summed E-state index contributed by atoms with van der Waals surface area (Å²) >= 11 is 6.35. The standard InChI is InChI=1S/C17H17ClN2O/c18-11-4-2-1-3-10(11)14-16(21-20-17(14)19)15-12-8-5-6-9(7-8)13(12)15/h1-4,8-9,12-13,15H,5-7H2,(H2,19,20). The summed E-state index contributed by atoms with van der Waals surface area (Å²) in [6.45, 7) is 0. The molecule has 0 amide bonds. The van der Waals surface area contributed by atoms with E-state index in [9.17, 15) is 0 Å². The number of nitrogen functional groups attached to an aromatic ring is 1. The lowest BCUT2D eigenvalue weighted by atomic mass is 9.96. The van der Waals surface area contributed by atoms with Gasteiger partial charge in [0.2, 0.25) is 0 Å². The van der Waals surface area contributed by atoms with Crippen molar-refractivity contribution in [1.82, 2.24) is 5.16 Å². The first-order chi connectivity index (χ1) is 10.3. The molecule has 2 aromatic rings. The molecule has 1 heterocycles. The molecule has 3 aliphatic carbocycles. The number of hydrogen-bond acceptors (Lipinski definition) is 3. The molecule has 3 aliphatic rings. The third kappa shape index (κ3) is 1.53. The molecule has 4 heteroatoms. The highest BCUT2D eigenvalue weighted by Crippen LogP contribution is 2.74. The van der Waals surface area contributed by atoms with Crippen molar-refractivity contribution < 1.29 is 4.52 Å². The van der Waals surface area contributed by atoms with Crippen molar-refractivity contribution in [3.63, 3.8) is 0 Å². The first-order valence-corrected chi connectivity index (χ1v) is 8.13. The SMILES string of the molecule is Nc1noc(C2C3C4CCC(C4)C23)c1-c1ccccc1Cl. The van der Waals surface area contributed by atoms with Crippen molar-refractivity contribution in [1.29, 1.82) is 0 Å². The molecule has 4 atom stereocenters. The quantitative estimate of drug-likeness (QED) is 0.897. The van der Waals surface area contributed by atoms with Crippen LogP contribution in [0.1, 0.15) is 30.9 Å². The zero-order valence-electron chi connectivity index (χ0n) is 11.6. The van der Waals surface area contributed by atoms with Gasteiger partial charge in [0.15, 0.2) is 11.6 Å². The van der Waals surface area contributed by atoms with Crippen LogP contribution in [-0.2, 0) is 0 Å². The molecule has 21 heavy (non-hydrogen) atoms. The number of anilines is 1. The predicted octanol–water partition coefficient (Wildman–Crippen LogP) is 4.34. The number of rotatable bonds is 2. The highest BCUT2D eigenvalue weighted by molar-refractivity contribution is 6.33. The Balaban J connectivity index is 1.60. The van der Waals surface area contributed by atoms with E-state index >= 15 is 0 Å². The minimum Gasteiger partial charge on any atom is -0.380 e. The fraction of sp³-hybridized carbons (Fsp3) is 0.471. The van der Waals surface area contributed by atoms with Crippen LogP contribution in [0.4, 0.5) is 5.82 Å². The molecule has 0 aliphatic heterocycles. The van der Waals surface area contributed by atoms with Crippen molar-refractivity contribution in [3.8, 4) is 11.1 Å². The fourth-order valence-electron chi connectivity index (χ4n) is 5.15. The monoisotopic (exact) mass is 300 g/mol. The van der Waals surface area contributed by atoms with Crippen LogP contribution in [0.5, 0.6) is 0 Å². The Morgan fingerprint density at radius 3 is 2.57 bits per heavy atom.